The van der Waals surface area contributed by atoms with Crippen LogP contribution >= 0.6 is 0 Å². The number of benzene rings is 1. The summed E-state index contributed by atoms with van der Waals surface area (Å²) in [6.07, 6.45) is 3.98. The van der Waals surface area contributed by atoms with Gasteiger partial charge in [0.2, 0.25) is 5.91 Å². The summed E-state index contributed by atoms with van der Waals surface area (Å²) in [5, 5.41) is 12.6. The number of nitrogens with zero attached hydrogens (tertiary/aromatic N) is 1. The van der Waals surface area contributed by atoms with E-state index < -0.39 is 0 Å². The van der Waals surface area contributed by atoms with E-state index in [1.54, 1.807) is 36.2 Å². The molecule has 4 heteroatoms. The fraction of sp³-hybridized carbons (Fsp3) is 0.533. The zero-order valence-electron chi connectivity index (χ0n) is 11.4. The third kappa shape index (κ3) is 3.96. The average Bonchev–Trinajstić information content (AvgIpc) is 2.46. The molecule has 1 heterocycles. The Morgan fingerprint density at radius 2 is 2.16 bits per heavy atom. The Labute approximate surface area is 114 Å². The largest absolute Gasteiger partial charge is 0.508 e. The predicted molar refractivity (Wildman–Crippen MR) is 76.3 cm³/mol. The van der Waals surface area contributed by atoms with E-state index in [4.69, 9.17) is 0 Å². The topological polar surface area (TPSA) is 52.6 Å². The molecule has 1 saturated heterocycles. The summed E-state index contributed by atoms with van der Waals surface area (Å²) in [4.78, 5) is 13.8. The molecule has 1 aliphatic rings. The molecule has 1 aromatic carbocycles. The molecule has 0 bridgehead atoms. The molecule has 0 radical (unpaired) electrons. The van der Waals surface area contributed by atoms with Crippen LogP contribution in [0.25, 0.3) is 0 Å². The van der Waals surface area contributed by atoms with E-state index in [2.05, 4.69) is 5.32 Å². The normalized spacial score (nSPS) is 19.1. The van der Waals surface area contributed by atoms with Crippen molar-refractivity contribution in [2.24, 2.45) is 5.92 Å². The molecule has 0 spiro atoms. The molecule has 1 aliphatic heterocycles. The summed E-state index contributed by atoms with van der Waals surface area (Å²) in [5.74, 6) is 0.986. The van der Waals surface area contributed by atoms with E-state index in [1.165, 1.54) is 12.8 Å². The highest BCUT2D eigenvalue weighted by molar-refractivity contribution is 5.92. The number of phenolic OH excluding ortho intramolecular Hbond substituents is 1. The number of amides is 1. The monoisotopic (exact) mass is 262 g/mol. The Balaban J connectivity index is 1.83. The Morgan fingerprint density at radius 1 is 1.42 bits per heavy atom. The number of nitrogens with one attached hydrogen (secondary N) is 1. The van der Waals surface area contributed by atoms with Gasteiger partial charge in [-0.2, -0.15) is 0 Å². The molecule has 0 saturated carbocycles. The second-order valence-electron chi connectivity index (χ2n) is 5.22. The number of hydrogen-bond donors (Lipinski definition) is 2. The zero-order chi connectivity index (χ0) is 13.7. The lowest BCUT2D eigenvalue weighted by Crippen LogP contribution is -2.31. The van der Waals surface area contributed by atoms with E-state index in [1.807, 2.05) is 0 Å². The zero-order valence-corrected chi connectivity index (χ0v) is 11.4. The van der Waals surface area contributed by atoms with Gasteiger partial charge in [0.25, 0.3) is 0 Å². The number of aromatic hydroxyl groups is 1. The van der Waals surface area contributed by atoms with Gasteiger partial charge in [0, 0.05) is 19.2 Å². The fourth-order valence-electron chi connectivity index (χ4n) is 2.49. The smallest absolute Gasteiger partial charge is 0.226 e. The Morgan fingerprint density at radius 3 is 2.79 bits per heavy atom. The number of hydrogen-bond acceptors (Lipinski definition) is 3. The van der Waals surface area contributed by atoms with Gasteiger partial charge in [-0.25, -0.2) is 0 Å². The molecule has 19 heavy (non-hydrogen) atoms. The van der Waals surface area contributed by atoms with Gasteiger partial charge < -0.3 is 15.3 Å². The molecule has 1 fully saturated rings. The second-order valence-corrected chi connectivity index (χ2v) is 5.22. The first-order valence-corrected chi connectivity index (χ1v) is 6.93. The fourth-order valence-corrected chi connectivity index (χ4v) is 2.49. The van der Waals surface area contributed by atoms with Crippen molar-refractivity contribution in [2.45, 2.75) is 25.7 Å². The summed E-state index contributed by atoms with van der Waals surface area (Å²) >= 11 is 0. The van der Waals surface area contributed by atoms with Crippen molar-refractivity contribution in [1.29, 1.82) is 0 Å². The van der Waals surface area contributed by atoms with Gasteiger partial charge in [-0.1, -0.05) is 0 Å². The highest BCUT2D eigenvalue weighted by atomic mass is 16.3. The number of piperidine rings is 1. The van der Waals surface area contributed by atoms with Crippen LogP contribution in [0.15, 0.2) is 24.3 Å². The van der Waals surface area contributed by atoms with Crippen LogP contribution in [-0.2, 0) is 4.79 Å². The van der Waals surface area contributed by atoms with Gasteiger partial charge in [0.05, 0.1) is 0 Å². The SMILES string of the molecule is CN(C(=O)CCC1CCCNC1)c1ccc(O)cc1. The van der Waals surface area contributed by atoms with E-state index in [-0.39, 0.29) is 11.7 Å². The highest BCUT2D eigenvalue weighted by Gasteiger charge is 2.16. The van der Waals surface area contributed by atoms with Gasteiger partial charge in [-0.3, -0.25) is 4.79 Å². The molecule has 0 aliphatic carbocycles. The lowest BCUT2D eigenvalue weighted by Gasteiger charge is -2.23. The summed E-state index contributed by atoms with van der Waals surface area (Å²) < 4.78 is 0. The van der Waals surface area contributed by atoms with Crippen LogP contribution in [-0.4, -0.2) is 31.2 Å². The molecule has 104 valence electrons. The summed E-state index contributed by atoms with van der Waals surface area (Å²) in [5.41, 5.74) is 0.824. The van der Waals surface area contributed by atoms with Crippen LogP contribution in [0.3, 0.4) is 0 Å². The molecule has 1 atom stereocenters. The first kappa shape index (κ1) is 13.9. The van der Waals surface area contributed by atoms with E-state index >= 15 is 0 Å². The van der Waals surface area contributed by atoms with Crippen molar-refractivity contribution < 1.29 is 9.90 Å². The van der Waals surface area contributed by atoms with Crippen molar-refractivity contribution in [3.63, 3.8) is 0 Å². The molecule has 4 nitrogen and oxygen atoms in total. The summed E-state index contributed by atoms with van der Waals surface area (Å²) in [7, 11) is 1.79. The molecule has 1 amide bonds. The maximum Gasteiger partial charge on any atom is 0.226 e. The van der Waals surface area contributed by atoms with Crippen LogP contribution in [0.2, 0.25) is 0 Å². The number of carbonyl (C=O) groups is 1. The first-order valence-electron chi connectivity index (χ1n) is 6.93. The Hall–Kier alpha value is -1.55. The third-order valence-electron chi connectivity index (χ3n) is 3.78. The van der Waals surface area contributed by atoms with Gasteiger partial charge in [0.1, 0.15) is 5.75 Å². The quantitative estimate of drug-likeness (QED) is 0.874. The van der Waals surface area contributed by atoms with Gasteiger partial charge >= 0.3 is 0 Å². The van der Waals surface area contributed by atoms with Gasteiger partial charge in [-0.15, -0.1) is 0 Å². The minimum atomic E-state index is 0.135. The van der Waals surface area contributed by atoms with E-state index in [0.717, 1.165) is 25.2 Å². The standard InChI is InChI=1S/C15H22N2O2/c1-17(13-5-7-14(18)8-6-13)15(19)9-4-12-3-2-10-16-11-12/h5-8,12,16,18H,2-4,9-11H2,1H3. The Bertz CT molecular complexity index is 411. The average molecular weight is 262 g/mol. The molecule has 1 unspecified atom stereocenters. The third-order valence-corrected chi connectivity index (χ3v) is 3.78. The molecule has 0 aromatic heterocycles. The van der Waals surface area contributed by atoms with Gasteiger partial charge in [-0.05, 0) is 62.5 Å². The number of rotatable bonds is 4. The Kier molecular flexibility index (Phi) is 4.80. The van der Waals surface area contributed by atoms with Crippen molar-refractivity contribution in [3.05, 3.63) is 24.3 Å². The van der Waals surface area contributed by atoms with Crippen molar-refractivity contribution >= 4 is 11.6 Å². The summed E-state index contributed by atoms with van der Waals surface area (Å²) in [6, 6.07) is 6.72. The number of phenols is 1. The lowest BCUT2D eigenvalue weighted by molar-refractivity contribution is -0.118. The molecule has 2 rings (SSSR count). The highest BCUT2D eigenvalue weighted by Crippen LogP contribution is 2.20. The molecule has 2 N–H and O–H groups in total. The van der Waals surface area contributed by atoms with E-state index in [9.17, 15) is 9.90 Å². The first-order chi connectivity index (χ1) is 9.16. The molecular weight excluding hydrogens is 240 g/mol. The van der Waals surface area contributed by atoms with Crippen molar-refractivity contribution in [3.8, 4) is 5.75 Å². The van der Waals surface area contributed by atoms with Crippen molar-refractivity contribution in [2.75, 3.05) is 25.0 Å². The lowest BCUT2D eigenvalue weighted by atomic mass is 9.94. The van der Waals surface area contributed by atoms with Crippen LogP contribution in [0.4, 0.5) is 5.69 Å². The van der Waals surface area contributed by atoms with Crippen molar-refractivity contribution in [1.82, 2.24) is 5.32 Å². The predicted octanol–water partition coefficient (Wildman–Crippen LogP) is 2.13. The van der Waals surface area contributed by atoms with Gasteiger partial charge in [0.15, 0.2) is 0 Å². The molecular formula is C15H22N2O2. The minimum absolute atomic E-state index is 0.135. The van der Waals surface area contributed by atoms with Crippen LogP contribution in [0.1, 0.15) is 25.7 Å². The van der Waals surface area contributed by atoms with Crippen LogP contribution < -0.4 is 10.2 Å². The number of anilines is 1. The number of carbonyl (C=O) groups excluding carboxylic acids is 1. The second kappa shape index (κ2) is 6.57. The maximum atomic E-state index is 12.1. The molecule has 1 aromatic rings. The van der Waals surface area contributed by atoms with Crippen LogP contribution in [0.5, 0.6) is 5.75 Å². The maximum absolute atomic E-state index is 12.1. The van der Waals surface area contributed by atoms with Crippen LogP contribution in [0, 0.1) is 5.92 Å². The minimum Gasteiger partial charge on any atom is -0.508 e. The van der Waals surface area contributed by atoms with E-state index in [0.29, 0.717) is 12.3 Å². The summed E-state index contributed by atoms with van der Waals surface area (Å²) in [6.45, 7) is 2.15.